The molecule has 0 bridgehead atoms. The van der Waals surface area contributed by atoms with Crippen LogP contribution >= 0.6 is 0 Å². The summed E-state index contributed by atoms with van der Waals surface area (Å²) >= 11 is 0. The van der Waals surface area contributed by atoms with Gasteiger partial charge in [0.1, 0.15) is 11.3 Å². The SMILES string of the molecule is CNS(=O)(=O)Nc1cnccc1CC1(C)NC(=O)N(c2ccc(OC(F)(F)F)cc2)C1=O. The molecule has 3 amide bonds. The quantitative estimate of drug-likeness (QED) is 0.527. The number of urea groups is 1. The highest BCUT2D eigenvalue weighted by Crippen LogP contribution is 2.31. The highest BCUT2D eigenvalue weighted by atomic mass is 32.2. The van der Waals surface area contributed by atoms with Crippen molar-refractivity contribution in [2.75, 3.05) is 16.7 Å². The Balaban J connectivity index is 1.84. The van der Waals surface area contributed by atoms with Gasteiger partial charge in [0.05, 0.1) is 17.6 Å². The number of carbonyl (C=O) groups excluding carboxylic acids is 2. The van der Waals surface area contributed by atoms with Crippen LogP contribution in [-0.4, -0.2) is 44.3 Å². The van der Waals surface area contributed by atoms with Gasteiger partial charge in [-0.2, -0.15) is 8.42 Å². The van der Waals surface area contributed by atoms with Crippen molar-refractivity contribution in [3.05, 3.63) is 48.3 Å². The number of rotatable bonds is 7. The molecule has 1 aliphatic rings. The summed E-state index contributed by atoms with van der Waals surface area (Å²) in [7, 11) is -2.65. The number of anilines is 2. The molecule has 1 aromatic carbocycles. The van der Waals surface area contributed by atoms with Crippen molar-refractivity contribution >= 4 is 33.5 Å². The zero-order chi connectivity index (χ0) is 23.7. The average molecular weight is 473 g/mol. The lowest BCUT2D eigenvalue weighted by molar-refractivity contribution is -0.274. The second-order valence-corrected chi connectivity index (χ2v) is 8.58. The van der Waals surface area contributed by atoms with E-state index in [1.54, 1.807) is 0 Å². The summed E-state index contributed by atoms with van der Waals surface area (Å²) in [5, 5.41) is 2.55. The van der Waals surface area contributed by atoms with Gasteiger partial charge in [-0.3, -0.25) is 14.5 Å². The van der Waals surface area contributed by atoms with Crippen LogP contribution < -0.4 is 24.4 Å². The summed E-state index contributed by atoms with van der Waals surface area (Å²) < 4.78 is 68.8. The van der Waals surface area contributed by atoms with Gasteiger partial charge in [0.25, 0.3) is 16.1 Å². The Labute approximate surface area is 180 Å². The Morgan fingerprint density at radius 3 is 2.44 bits per heavy atom. The maximum absolute atomic E-state index is 13.1. The van der Waals surface area contributed by atoms with Gasteiger partial charge in [0.2, 0.25) is 0 Å². The van der Waals surface area contributed by atoms with Gasteiger partial charge < -0.3 is 10.1 Å². The first-order valence-electron chi connectivity index (χ1n) is 9.00. The molecule has 32 heavy (non-hydrogen) atoms. The van der Waals surface area contributed by atoms with Crippen molar-refractivity contribution in [2.45, 2.75) is 25.2 Å². The molecule has 1 saturated heterocycles. The molecule has 3 N–H and O–H groups in total. The van der Waals surface area contributed by atoms with Crippen molar-refractivity contribution in [1.82, 2.24) is 15.0 Å². The first-order chi connectivity index (χ1) is 14.8. The lowest BCUT2D eigenvalue weighted by atomic mass is 9.92. The van der Waals surface area contributed by atoms with Gasteiger partial charge in [-0.25, -0.2) is 14.4 Å². The minimum Gasteiger partial charge on any atom is -0.406 e. The Hall–Kier alpha value is -3.39. The molecule has 3 rings (SSSR count). The number of nitrogens with zero attached hydrogens (tertiary/aromatic N) is 2. The van der Waals surface area contributed by atoms with Gasteiger partial charge in [-0.1, -0.05) is 0 Å². The number of hydrogen-bond acceptors (Lipinski definition) is 6. The third-order valence-corrected chi connectivity index (χ3v) is 5.58. The number of halogens is 3. The summed E-state index contributed by atoms with van der Waals surface area (Å²) in [5.74, 6) is -1.18. The molecule has 0 saturated carbocycles. The monoisotopic (exact) mass is 473 g/mol. The van der Waals surface area contributed by atoms with E-state index in [2.05, 4.69) is 24.5 Å². The van der Waals surface area contributed by atoms with Gasteiger partial charge in [0, 0.05) is 19.7 Å². The van der Waals surface area contributed by atoms with E-state index in [0.29, 0.717) is 5.56 Å². The molecule has 2 aromatic rings. The normalized spacial score (nSPS) is 19.1. The van der Waals surface area contributed by atoms with Gasteiger partial charge in [-0.05, 0) is 42.8 Å². The van der Waals surface area contributed by atoms with Crippen LogP contribution in [0.5, 0.6) is 5.75 Å². The number of imide groups is 1. The van der Waals surface area contributed by atoms with Crippen LogP contribution in [0.3, 0.4) is 0 Å². The average Bonchev–Trinajstić information content (AvgIpc) is 2.91. The van der Waals surface area contributed by atoms with Crippen molar-refractivity contribution in [3.8, 4) is 5.75 Å². The first-order valence-corrected chi connectivity index (χ1v) is 10.5. The molecule has 1 fully saturated rings. The second kappa shape index (κ2) is 8.27. The maximum Gasteiger partial charge on any atom is 0.573 e. The summed E-state index contributed by atoms with van der Waals surface area (Å²) in [6.07, 6.45) is -2.31. The van der Waals surface area contributed by atoms with E-state index in [-0.39, 0.29) is 17.8 Å². The predicted octanol–water partition coefficient (Wildman–Crippen LogP) is 1.91. The van der Waals surface area contributed by atoms with Crippen molar-refractivity contribution < 1.29 is 35.9 Å². The number of amides is 3. The lowest BCUT2D eigenvalue weighted by Gasteiger charge is -2.23. The smallest absolute Gasteiger partial charge is 0.406 e. The van der Waals surface area contributed by atoms with Gasteiger partial charge in [-0.15, -0.1) is 13.2 Å². The summed E-state index contributed by atoms with van der Waals surface area (Å²) in [6, 6.07) is 4.95. The number of pyridine rings is 1. The molecular weight excluding hydrogens is 455 g/mol. The fourth-order valence-electron chi connectivity index (χ4n) is 3.08. The van der Waals surface area contributed by atoms with Crippen LogP contribution in [0.2, 0.25) is 0 Å². The predicted molar refractivity (Wildman–Crippen MR) is 107 cm³/mol. The number of aromatic nitrogens is 1. The number of carbonyl (C=O) groups is 2. The summed E-state index contributed by atoms with van der Waals surface area (Å²) in [6.45, 7) is 1.45. The van der Waals surface area contributed by atoms with Crippen LogP contribution in [0, 0.1) is 0 Å². The minimum atomic E-state index is -4.88. The molecule has 0 spiro atoms. The number of benzene rings is 1. The summed E-state index contributed by atoms with van der Waals surface area (Å²) in [4.78, 5) is 30.2. The third-order valence-electron chi connectivity index (χ3n) is 4.56. The Morgan fingerprint density at radius 1 is 1.19 bits per heavy atom. The molecule has 0 aliphatic carbocycles. The molecule has 0 radical (unpaired) electrons. The van der Waals surface area contributed by atoms with E-state index in [9.17, 15) is 31.2 Å². The van der Waals surface area contributed by atoms with Gasteiger partial charge in [0.15, 0.2) is 0 Å². The highest BCUT2D eigenvalue weighted by molar-refractivity contribution is 7.90. The fourth-order valence-corrected chi connectivity index (χ4v) is 3.66. The van der Waals surface area contributed by atoms with Crippen LogP contribution in [0.15, 0.2) is 42.7 Å². The van der Waals surface area contributed by atoms with E-state index < -0.39 is 39.8 Å². The van der Waals surface area contributed by atoms with E-state index in [1.807, 2.05) is 0 Å². The third kappa shape index (κ3) is 5.08. The minimum absolute atomic E-state index is 0.0385. The van der Waals surface area contributed by atoms with E-state index >= 15 is 0 Å². The molecule has 14 heteroatoms. The Morgan fingerprint density at radius 2 is 1.84 bits per heavy atom. The van der Waals surface area contributed by atoms with Crippen LogP contribution in [-0.2, 0) is 21.4 Å². The standard InChI is InChI=1S/C18H18F3N5O5S/c1-17(9-11-7-8-23-10-14(11)25-32(29,30)22-2)15(27)26(16(28)24-17)12-3-5-13(6-4-12)31-18(19,20)21/h3-8,10,22,25H,9H2,1-2H3,(H,24,28). The van der Waals surface area contributed by atoms with E-state index in [4.69, 9.17) is 0 Å². The number of hydrogen-bond donors (Lipinski definition) is 3. The second-order valence-electron chi connectivity index (χ2n) is 6.96. The Kier molecular flexibility index (Phi) is 6.02. The van der Waals surface area contributed by atoms with Crippen LogP contribution in [0.4, 0.5) is 29.3 Å². The molecule has 2 heterocycles. The molecule has 1 unspecified atom stereocenters. The molecule has 172 valence electrons. The van der Waals surface area contributed by atoms with Crippen molar-refractivity contribution in [2.24, 2.45) is 0 Å². The molecule has 10 nitrogen and oxygen atoms in total. The molecular formula is C18H18F3N5O5S. The van der Waals surface area contributed by atoms with Crippen LogP contribution in [0.1, 0.15) is 12.5 Å². The summed E-state index contributed by atoms with van der Waals surface area (Å²) in [5.41, 5.74) is -0.932. The van der Waals surface area contributed by atoms with Gasteiger partial charge >= 0.3 is 12.4 Å². The molecule has 1 aromatic heterocycles. The van der Waals surface area contributed by atoms with Crippen molar-refractivity contribution in [3.63, 3.8) is 0 Å². The lowest BCUT2D eigenvalue weighted by Crippen LogP contribution is -2.46. The molecule has 1 aliphatic heterocycles. The zero-order valence-electron chi connectivity index (χ0n) is 16.7. The first kappa shape index (κ1) is 23.3. The maximum atomic E-state index is 13.1. The fraction of sp³-hybridized carbons (Fsp3) is 0.278. The zero-order valence-corrected chi connectivity index (χ0v) is 17.5. The number of nitrogens with one attached hydrogen (secondary N) is 3. The topological polar surface area (TPSA) is 130 Å². The largest absolute Gasteiger partial charge is 0.573 e. The van der Waals surface area contributed by atoms with E-state index in [0.717, 1.165) is 29.2 Å². The van der Waals surface area contributed by atoms with E-state index in [1.165, 1.54) is 32.4 Å². The highest BCUT2D eigenvalue weighted by Gasteiger charge is 2.48. The molecule has 1 atom stereocenters. The number of ether oxygens (including phenoxy) is 1. The number of alkyl halides is 3. The van der Waals surface area contributed by atoms with Crippen molar-refractivity contribution in [1.29, 1.82) is 0 Å². The van der Waals surface area contributed by atoms with Crippen LogP contribution in [0.25, 0.3) is 0 Å². The Bertz CT molecular complexity index is 1140.